The van der Waals surface area contributed by atoms with E-state index in [-0.39, 0.29) is 11.9 Å². The van der Waals surface area contributed by atoms with Gasteiger partial charge in [0.2, 0.25) is 0 Å². The number of amides is 1. The predicted molar refractivity (Wildman–Crippen MR) is 96.4 cm³/mol. The summed E-state index contributed by atoms with van der Waals surface area (Å²) >= 11 is 12.0. The maximum atomic E-state index is 12.5. The Morgan fingerprint density at radius 3 is 2.75 bits per heavy atom. The van der Waals surface area contributed by atoms with E-state index in [4.69, 9.17) is 23.2 Å². The van der Waals surface area contributed by atoms with Gasteiger partial charge in [-0.25, -0.2) is 9.97 Å². The number of rotatable bonds is 4. The van der Waals surface area contributed by atoms with Crippen molar-refractivity contribution in [3.05, 3.63) is 46.3 Å². The van der Waals surface area contributed by atoms with E-state index in [0.29, 0.717) is 27.4 Å². The summed E-state index contributed by atoms with van der Waals surface area (Å²) in [5.74, 6) is 0.563. The molecule has 1 aromatic carbocycles. The standard InChI is InChI=1S/C18H19Cl2N3O/c1-2-11-3-5-13(7-11)23-18(24)17-9-16(21-10-22-17)12-4-6-14(19)15(20)8-12/h4,6,8-11,13H,2-3,5,7H2,1H3,(H,23,24). The molecule has 1 fully saturated rings. The zero-order valence-electron chi connectivity index (χ0n) is 13.4. The normalized spacial score (nSPS) is 20.1. The lowest BCUT2D eigenvalue weighted by Crippen LogP contribution is -2.33. The second-order valence-electron chi connectivity index (χ2n) is 6.18. The molecule has 0 saturated heterocycles. The summed E-state index contributed by atoms with van der Waals surface area (Å²) in [5.41, 5.74) is 1.81. The Bertz CT molecular complexity index is 751. The number of hydrogen-bond donors (Lipinski definition) is 1. The third-order valence-electron chi connectivity index (χ3n) is 4.57. The first-order chi connectivity index (χ1) is 11.6. The molecule has 1 N–H and O–H groups in total. The minimum Gasteiger partial charge on any atom is -0.348 e. The molecule has 1 amide bonds. The third kappa shape index (κ3) is 3.87. The predicted octanol–water partition coefficient (Wildman–Crippen LogP) is 4.76. The molecule has 1 aromatic heterocycles. The van der Waals surface area contributed by atoms with Gasteiger partial charge in [0.15, 0.2) is 0 Å². The number of hydrogen-bond acceptors (Lipinski definition) is 3. The fourth-order valence-electron chi connectivity index (χ4n) is 3.13. The maximum absolute atomic E-state index is 12.5. The van der Waals surface area contributed by atoms with Gasteiger partial charge in [0.25, 0.3) is 5.91 Å². The van der Waals surface area contributed by atoms with E-state index in [1.54, 1.807) is 18.2 Å². The van der Waals surface area contributed by atoms with Crippen molar-refractivity contribution >= 4 is 29.1 Å². The Hall–Kier alpha value is -1.65. The van der Waals surface area contributed by atoms with Crippen molar-refractivity contribution < 1.29 is 4.79 Å². The van der Waals surface area contributed by atoms with Crippen LogP contribution in [0.5, 0.6) is 0 Å². The summed E-state index contributed by atoms with van der Waals surface area (Å²) in [6, 6.07) is 7.19. The van der Waals surface area contributed by atoms with E-state index < -0.39 is 0 Å². The van der Waals surface area contributed by atoms with Gasteiger partial charge in [0, 0.05) is 11.6 Å². The third-order valence-corrected chi connectivity index (χ3v) is 5.31. The fraction of sp³-hybridized carbons (Fsp3) is 0.389. The fourth-order valence-corrected chi connectivity index (χ4v) is 3.43. The van der Waals surface area contributed by atoms with Gasteiger partial charge < -0.3 is 5.32 Å². The molecule has 0 spiro atoms. The lowest BCUT2D eigenvalue weighted by atomic mass is 10.1. The smallest absolute Gasteiger partial charge is 0.270 e. The van der Waals surface area contributed by atoms with Crippen molar-refractivity contribution in [2.24, 2.45) is 5.92 Å². The van der Waals surface area contributed by atoms with Crippen LogP contribution in [-0.2, 0) is 0 Å². The highest BCUT2D eigenvalue weighted by molar-refractivity contribution is 6.42. The molecule has 1 aliphatic carbocycles. The van der Waals surface area contributed by atoms with Gasteiger partial charge in [-0.2, -0.15) is 0 Å². The monoisotopic (exact) mass is 363 g/mol. The summed E-state index contributed by atoms with van der Waals surface area (Å²) in [4.78, 5) is 20.8. The van der Waals surface area contributed by atoms with E-state index in [1.807, 2.05) is 6.07 Å². The zero-order valence-corrected chi connectivity index (χ0v) is 14.9. The molecule has 2 unspecified atom stereocenters. The molecule has 2 aromatic rings. The van der Waals surface area contributed by atoms with Crippen LogP contribution in [0.2, 0.25) is 10.0 Å². The highest BCUT2D eigenvalue weighted by Gasteiger charge is 2.25. The number of aromatic nitrogens is 2. The minimum atomic E-state index is -0.152. The summed E-state index contributed by atoms with van der Waals surface area (Å²) in [7, 11) is 0. The molecular formula is C18H19Cl2N3O. The Kier molecular flexibility index (Phi) is 5.36. The quantitative estimate of drug-likeness (QED) is 0.851. The molecule has 24 heavy (non-hydrogen) atoms. The van der Waals surface area contributed by atoms with E-state index >= 15 is 0 Å². The van der Waals surface area contributed by atoms with Crippen molar-refractivity contribution in [2.45, 2.75) is 38.6 Å². The van der Waals surface area contributed by atoms with Crippen LogP contribution in [0.1, 0.15) is 43.1 Å². The molecule has 0 bridgehead atoms. The molecule has 0 aliphatic heterocycles. The number of carbonyl (C=O) groups is 1. The first kappa shape index (κ1) is 17.2. The first-order valence-electron chi connectivity index (χ1n) is 8.15. The lowest BCUT2D eigenvalue weighted by Gasteiger charge is -2.13. The van der Waals surface area contributed by atoms with Crippen LogP contribution < -0.4 is 5.32 Å². The van der Waals surface area contributed by atoms with E-state index in [1.165, 1.54) is 19.2 Å². The van der Waals surface area contributed by atoms with Gasteiger partial charge in [-0.15, -0.1) is 0 Å². The van der Waals surface area contributed by atoms with Crippen LogP contribution >= 0.6 is 23.2 Å². The summed E-state index contributed by atoms with van der Waals surface area (Å²) in [5, 5.41) is 4.02. The maximum Gasteiger partial charge on any atom is 0.270 e. The Morgan fingerprint density at radius 2 is 2.04 bits per heavy atom. The van der Waals surface area contributed by atoms with Crippen LogP contribution in [0, 0.1) is 5.92 Å². The average molecular weight is 364 g/mol. The van der Waals surface area contributed by atoms with Gasteiger partial charge in [0.1, 0.15) is 12.0 Å². The van der Waals surface area contributed by atoms with Crippen LogP contribution in [0.15, 0.2) is 30.6 Å². The van der Waals surface area contributed by atoms with E-state index in [9.17, 15) is 4.79 Å². The molecule has 3 rings (SSSR count). The van der Waals surface area contributed by atoms with Crippen LogP contribution in [0.3, 0.4) is 0 Å². The molecule has 6 heteroatoms. The zero-order chi connectivity index (χ0) is 17.1. The molecule has 4 nitrogen and oxygen atoms in total. The van der Waals surface area contributed by atoms with Crippen LogP contribution in [-0.4, -0.2) is 21.9 Å². The molecule has 1 aliphatic rings. The van der Waals surface area contributed by atoms with Crippen molar-refractivity contribution in [1.82, 2.24) is 15.3 Å². The van der Waals surface area contributed by atoms with Gasteiger partial charge in [-0.3, -0.25) is 4.79 Å². The average Bonchev–Trinajstić information content (AvgIpc) is 3.05. The van der Waals surface area contributed by atoms with Crippen molar-refractivity contribution in [2.75, 3.05) is 0 Å². The number of halogens is 2. The lowest BCUT2D eigenvalue weighted by molar-refractivity contribution is 0.0932. The molecule has 1 heterocycles. The number of carbonyl (C=O) groups excluding carboxylic acids is 1. The van der Waals surface area contributed by atoms with Crippen molar-refractivity contribution in [1.29, 1.82) is 0 Å². The second-order valence-corrected chi connectivity index (χ2v) is 6.99. The van der Waals surface area contributed by atoms with E-state index in [2.05, 4.69) is 22.2 Å². The Balaban J connectivity index is 1.75. The van der Waals surface area contributed by atoms with Crippen molar-refractivity contribution in [3.63, 3.8) is 0 Å². The second kappa shape index (κ2) is 7.49. The molecule has 1 saturated carbocycles. The highest BCUT2D eigenvalue weighted by Crippen LogP contribution is 2.29. The van der Waals surface area contributed by atoms with Crippen LogP contribution in [0.4, 0.5) is 0 Å². The Labute approximate surface area is 151 Å². The van der Waals surface area contributed by atoms with Crippen molar-refractivity contribution in [3.8, 4) is 11.3 Å². The Morgan fingerprint density at radius 1 is 1.21 bits per heavy atom. The first-order valence-corrected chi connectivity index (χ1v) is 8.90. The number of nitrogens with zero attached hydrogens (tertiary/aromatic N) is 2. The summed E-state index contributed by atoms with van der Waals surface area (Å²) in [6.45, 7) is 2.20. The van der Waals surface area contributed by atoms with Gasteiger partial charge in [-0.05, 0) is 43.4 Å². The number of benzene rings is 1. The molecule has 2 atom stereocenters. The molecular weight excluding hydrogens is 345 g/mol. The number of nitrogens with one attached hydrogen (secondary N) is 1. The largest absolute Gasteiger partial charge is 0.348 e. The highest BCUT2D eigenvalue weighted by atomic mass is 35.5. The summed E-state index contributed by atoms with van der Waals surface area (Å²) in [6.07, 6.45) is 5.83. The SMILES string of the molecule is CCC1CCC(NC(=O)c2cc(-c3ccc(Cl)c(Cl)c3)ncn2)C1. The van der Waals surface area contributed by atoms with Gasteiger partial charge in [-0.1, -0.05) is 42.6 Å². The molecule has 0 radical (unpaired) electrons. The van der Waals surface area contributed by atoms with Gasteiger partial charge >= 0.3 is 0 Å². The topological polar surface area (TPSA) is 54.9 Å². The minimum absolute atomic E-state index is 0.152. The van der Waals surface area contributed by atoms with Gasteiger partial charge in [0.05, 0.1) is 15.7 Å². The van der Waals surface area contributed by atoms with Crippen LogP contribution in [0.25, 0.3) is 11.3 Å². The summed E-state index contributed by atoms with van der Waals surface area (Å²) < 4.78 is 0. The van der Waals surface area contributed by atoms with E-state index in [0.717, 1.165) is 18.4 Å². The molecule has 126 valence electrons.